The molecule has 0 aliphatic rings. The van der Waals surface area contributed by atoms with Crippen LogP contribution < -0.4 is 15.6 Å². The Hall–Kier alpha value is -2.90. The van der Waals surface area contributed by atoms with Crippen molar-refractivity contribution in [2.45, 2.75) is 0 Å². The van der Waals surface area contributed by atoms with Crippen molar-refractivity contribution in [3.05, 3.63) is 124 Å². The molecule has 0 atom stereocenters. The summed E-state index contributed by atoms with van der Waals surface area (Å²) in [6.45, 7) is 22.5. The van der Waals surface area contributed by atoms with Gasteiger partial charge in [-0.15, -0.1) is 0 Å². The minimum atomic E-state index is -2.21. The van der Waals surface area contributed by atoms with Crippen molar-refractivity contribution < 1.29 is 42.6 Å². The van der Waals surface area contributed by atoms with Crippen molar-refractivity contribution in [3.8, 4) is 0 Å². The topological polar surface area (TPSA) is 103 Å². The maximum atomic E-state index is 7.50. The zero-order chi connectivity index (χ0) is 27.0. The van der Waals surface area contributed by atoms with Crippen LogP contribution in [-0.4, -0.2) is 30.7 Å². The number of hydrogen-bond acceptors (Lipinski definition) is 1. The molecule has 3 aromatic carbocycles. The molecular formula is C26H21NO5SiW. The van der Waals surface area contributed by atoms with Gasteiger partial charge < -0.3 is 0 Å². The fourth-order valence-corrected chi connectivity index (χ4v) is 11.6. The van der Waals surface area contributed by atoms with E-state index in [2.05, 4.69) is 143 Å². The third-order valence-electron chi connectivity index (χ3n) is 4.35. The molecule has 0 heterocycles. The Morgan fingerprint density at radius 1 is 0.529 bits per heavy atom. The molecule has 0 aromatic heterocycles. The Morgan fingerprint density at radius 3 is 0.912 bits per heavy atom. The molecule has 8 heteroatoms. The molecule has 0 amide bonds. The summed E-state index contributed by atoms with van der Waals surface area (Å²) in [4.78, 5) is 2.33. The van der Waals surface area contributed by atoms with Crippen LogP contribution in [0.15, 0.2) is 91.0 Å². The summed E-state index contributed by atoms with van der Waals surface area (Å²) in [5.74, 6) is 0. The molecule has 34 heavy (non-hydrogen) atoms. The van der Waals surface area contributed by atoms with Gasteiger partial charge in [0.05, 0.1) is 0 Å². The van der Waals surface area contributed by atoms with Gasteiger partial charge in [-0.05, 0) is 0 Å². The van der Waals surface area contributed by atoms with Crippen LogP contribution in [0.5, 0.6) is 0 Å². The molecule has 6 nitrogen and oxygen atoms in total. The van der Waals surface area contributed by atoms with Crippen LogP contribution in [0.4, 0.5) is 0 Å². The van der Waals surface area contributed by atoms with E-state index >= 15 is 0 Å². The quantitative estimate of drug-likeness (QED) is 0.181. The fraction of sp³-hybridized carbons (Fsp3) is 0.0769. The van der Waals surface area contributed by atoms with Gasteiger partial charge in [-0.2, -0.15) is 0 Å². The summed E-state index contributed by atoms with van der Waals surface area (Å²) >= 11 is 1.54. The molecule has 0 aliphatic heterocycles. The summed E-state index contributed by atoms with van der Waals surface area (Å²) < 4.78 is 39.0. The van der Waals surface area contributed by atoms with Crippen molar-refractivity contribution in [2.75, 3.05) is 14.1 Å². The second kappa shape index (κ2) is 23.3. The first-order valence-electron chi connectivity index (χ1n) is 9.07. The van der Waals surface area contributed by atoms with Crippen molar-refractivity contribution in [1.82, 2.24) is 4.90 Å². The van der Waals surface area contributed by atoms with Crippen LogP contribution in [0.25, 0.3) is 0 Å². The van der Waals surface area contributed by atoms with Crippen molar-refractivity contribution >= 4 is 27.3 Å². The standard InChI is InChI=1S/C21H21NSi.5CO.W/c1-22(2)18-23(19-12-6-3-7-13-19,20-14-8-4-9-15-20)21-16-10-5-11-17-21;5*1-2;/h3-17H,1-2H3;;;;;;. The molecule has 0 fully saturated rings. The number of benzene rings is 3. The van der Waals surface area contributed by atoms with Gasteiger partial charge in [0, 0.05) is 0 Å². The molecule has 0 saturated heterocycles. The number of nitrogens with zero attached hydrogens (tertiary/aromatic N) is 1. The molecule has 0 aliphatic carbocycles. The molecule has 0 spiro atoms. The summed E-state index contributed by atoms with van der Waals surface area (Å²) in [5, 5.41) is 4.34. The Kier molecular flexibility index (Phi) is 24.4. The Labute approximate surface area is 212 Å². The zero-order valence-electron chi connectivity index (χ0n) is 18.6. The first-order chi connectivity index (χ1) is 16.7. The summed E-state index contributed by atoms with van der Waals surface area (Å²) in [6.07, 6.45) is 0. The first-order valence-corrected chi connectivity index (χ1v) is 12.5. The van der Waals surface area contributed by atoms with E-state index in [-0.39, 0.29) is 0 Å². The molecule has 170 valence electrons. The van der Waals surface area contributed by atoms with Crippen molar-refractivity contribution in [1.29, 1.82) is 0 Å². The molecular weight excluding hydrogens is 618 g/mol. The average Bonchev–Trinajstić information content (AvgIpc) is 2.96. The molecule has 3 aromatic rings. The molecule has 0 bridgehead atoms. The zero-order valence-corrected chi connectivity index (χ0v) is 22.5. The predicted octanol–water partition coefficient (Wildman–Crippen LogP) is 1.75. The van der Waals surface area contributed by atoms with E-state index in [1.165, 1.54) is 19.2 Å². The van der Waals surface area contributed by atoms with Crippen LogP contribution >= 0.6 is 0 Å². The van der Waals surface area contributed by atoms with Crippen LogP contribution in [0.3, 0.4) is 0 Å². The van der Waals surface area contributed by atoms with Crippen LogP contribution in [0, 0.1) is 33.3 Å². The second-order valence-electron chi connectivity index (χ2n) is 6.05. The van der Waals surface area contributed by atoms with E-state index in [4.69, 9.17) is 23.3 Å². The van der Waals surface area contributed by atoms with Gasteiger partial charge in [0.2, 0.25) is 0 Å². The van der Waals surface area contributed by atoms with E-state index in [0.29, 0.717) is 0 Å². The van der Waals surface area contributed by atoms with Crippen LogP contribution in [0.1, 0.15) is 0 Å². The molecule has 0 N–H and O–H groups in total. The summed E-state index contributed by atoms with van der Waals surface area (Å²) in [7, 11) is 2.15. The Bertz CT molecular complexity index is 899. The van der Waals surface area contributed by atoms with E-state index in [1.54, 1.807) is 19.4 Å². The van der Waals surface area contributed by atoms with Gasteiger partial charge in [0.25, 0.3) is 0 Å². The van der Waals surface area contributed by atoms with Gasteiger partial charge >= 0.3 is 213 Å². The maximum absolute atomic E-state index is 7.50. The van der Waals surface area contributed by atoms with Crippen LogP contribution in [-0.2, 0) is 42.6 Å². The molecule has 0 saturated carbocycles. The van der Waals surface area contributed by atoms with Gasteiger partial charge in [-0.1, -0.05) is 0 Å². The SMILES string of the molecule is CN(C)[C](=[W])[Si](c1ccccc1)(c1ccccc1)c1ccccc1.[C-]#[O+].[C-]#[O+].[C-]#[O+].[C-]#[O+].[C-]#[O+]. The Morgan fingerprint density at radius 2 is 0.735 bits per heavy atom. The molecule has 0 radical (unpaired) electrons. The van der Waals surface area contributed by atoms with E-state index in [1.807, 2.05) is 0 Å². The van der Waals surface area contributed by atoms with E-state index < -0.39 is 8.07 Å². The van der Waals surface area contributed by atoms with Crippen molar-refractivity contribution in [3.63, 3.8) is 0 Å². The number of rotatable bonds is 5. The molecule has 0 unspecified atom stereocenters. The minimum absolute atomic E-state index is 1.45. The third kappa shape index (κ3) is 9.53. The monoisotopic (exact) mass is 639 g/mol. The van der Waals surface area contributed by atoms with Gasteiger partial charge in [-0.3, -0.25) is 0 Å². The van der Waals surface area contributed by atoms with Gasteiger partial charge in [0.15, 0.2) is 0 Å². The fourth-order valence-electron chi connectivity index (χ4n) is 3.27. The van der Waals surface area contributed by atoms with Crippen molar-refractivity contribution in [2.24, 2.45) is 0 Å². The van der Waals surface area contributed by atoms with E-state index in [9.17, 15) is 0 Å². The Balaban J connectivity index is -0.000000854. The summed E-state index contributed by atoms with van der Waals surface area (Å²) in [6, 6.07) is 33.2. The normalized spacial score (nSPS) is 8.38. The average molecular weight is 639 g/mol. The number of hydrogen-bond donors (Lipinski definition) is 0. The summed E-state index contributed by atoms with van der Waals surface area (Å²) in [5.41, 5.74) is 0. The van der Waals surface area contributed by atoms with E-state index in [0.717, 1.165) is 0 Å². The predicted molar refractivity (Wildman–Crippen MR) is 122 cm³/mol. The third-order valence-corrected chi connectivity index (χ3v) is 13.6. The second-order valence-corrected chi connectivity index (χ2v) is 12.6. The van der Waals surface area contributed by atoms with Gasteiger partial charge in [-0.25, -0.2) is 0 Å². The first kappa shape index (κ1) is 35.7. The van der Waals surface area contributed by atoms with Crippen LogP contribution in [0.2, 0.25) is 0 Å². The molecule has 3 rings (SSSR count). The van der Waals surface area contributed by atoms with Gasteiger partial charge in [0.1, 0.15) is 0 Å².